The zero-order valence-electron chi connectivity index (χ0n) is 8.58. The molecule has 1 aromatic heterocycles. The van der Waals surface area contributed by atoms with E-state index in [9.17, 15) is 0 Å². The van der Waals surface area contributed by atoms with E-state index in [0.29, 0.717) is 6.73 Å². The van der Waals surface area contributed by atoms with Gasteiger partial charge in [0, 0.05) is 19.8 Å². The van der Waals surface area contributed by atoms with E-state index in [0.717, 1.165) is 6.61 Å². The zero-order chi connectivity index (χ0) is 9.73. The Hall–Kier alpha value is -0.683. The van der Waals surface area contributed by atoms with Gasteiger partial charge in [-0.3, -0.25) is 0 Å². The van der Waals surface area contributed by atoms with Crippen molar-refractivity contribution in [3.63, 3.8) is 0 Å². The van der Waals surface area contributed by atoms with Crippen LogP contribution >= 0.6 is 0 Å². The highest BCUT2D eigenvalue weighted by atomic mass is 28.3. The Kier molecular flexibility index (Phi) is 3.62. The van der Waals surface area contributed by atoms with Gasteiger partial charge in [-0.05, 0) is 6.04 Å². The maximum absolute atomic E-state index is 5.48. The lowest BCUT2D eigenvalue weighted by Crippen LogP contribution is -2.37. The summed E-state index contributed by atoms with van der Waals surface area (Å²) >= 11 is 0. The topological polar surface area (TPSA) is 41.8 Å². The third-order valence-corrected chi connectivity index (χ3v) is 3.44. The summed E-state index contributed by atoms with van der Waals surface area (Å²) in [4.78, 5) is 0. The van der Waals surface area contributed by atoms with Crippen molar-refractivity contribution in [3.05, 3.63) is 12.4 Å². The third kappa shape index (κ3) is 4.79. The molecule has 1 N–H and O–H groups in total. The number of hydrogen-bond acceptors (Lipinski definition) is 2. The molecule has 0 saturated heterocycles. The molecule has 4 nitrogen and oxygen atoms in total. The molecule has 1 heterocycles. The van der Waals surface area contributed by atoms with E-state index in [1.54, 1.807) is 6.20 Å². The van der Waals surface area contributed by atoms with E-state index >= 15 is 0 Å². The van der Waals surface area contributed by atoms with E-state index in [2.05, 4.69) is 30.0 Å². The van der Waals surface area contributed by atoms with E-state index in [-0.39, 0.29) is 0 Å². The number of rotatable bonds is 5. The lowest BCUT2D eigenvalue weighted by Gasteiger charge is -2.14. The molecule has 0 bridgehead atoms. The zero-order valence-corrected chi connectivity index (χ0v) is 9.58. The van der Waals surface area contributed by atoms with Gasteiger partial charge in [-0.1, -0.05) is 24.9 Å². The Morgan fingerprint density at radius 2 is 2.23 bits per heavy atom. The van der Waals surface area contributed by atoms with Crippen molar-refractivity contribution in [1.82, 2.24) is 10.3 Å². The molecule has 0 saturated carbocycles. The molecule has 1 rings (SSSR count). The molecule has 0 radical (unpaired) electrons. The van der Waals surface area contributed by atoms with Crippen LogP contribution in [0.3, 0.4) is 0 Å². The average Bonchev–Trinajstić information content (AvgIpc) is 2.48. The second kappa shape index (κ2) is 4.52. The van der Waals surface area contributed by atoms with Crippen LogP contribution in [-0.2, 0) is 11.5 Å². The highest BCUT2D eigenvalue weighted by Gasteiger charge is 2.12. The number of nitrogens with zero attached hydrogens (tertiary/aromatic N) is 2. The fourth-order valence-corrected chi connectivity index (χ4v) is 1.62. The maximum atomic E-state index is 5.48. The molecule has 0 aliphatic carbocycles. The molecule has 0 fully saturated rings. The second-order valence-corrected chi connectivity index (χ2v) is 9.97. The van der Waals surface area contributed by atoms with E-state index in [1.165, 1.54) is 6.04 Å². The Balaban J connectivity index is 2.09. The van der Waals surface area contributed by atoms with Crippen LogP contribution in [0.15, 0.2) is 12.4 Å². The summed E-state index contributed by atoms with van der Waals surface area (Å²) in [6, 6.07) is 1.21. The Labute approximate surface area is 79.9 Å². The van der Waals surface area contributed by atoms with Gasteiger partial charge in [0.1, 0.15) is 0 Å². The lowest BCUT2D eigenvalue weighted by molar-refractivity contribution is -0.784. The second-order valence-electron chi connectivity index (χ2n) is 4.35. The molecule has 0 amide bonds. The predicted octanol–water partition coefficient (Wildman–Crippen LogP) is 1.01. The van der Waals surface area contributed by atoms with Crippen LogP contribution < -0.4 is 4.68 Å². The maximum Gasteiger partial charge on any atom is 0.210 e. The number of aromatic amines is 1. The van der Waals surface area contributed by atoms with Gasteiger partial charge in [0.2, 0.25) is 12.9 Å². The number of H-pyrrole nitrogens is 1. The SMILES string of the molecule is C[Si](C)(C)CCOC[n+]1ccn[nH]1. The Bertz CT molecular complexity index is 230. The standard InChI is InChI=1S/C8H17N3OSi/c1-13(2,3)7-6-12-8-11-5-4-9-10-11/h4-5H,6-8H2,1-3H3/p+1. The highest BCUT2D eigenvalue weighted by molar-refractivity contribution is 6.76. The van der Waals surface area contributed by atoms with Gasteiger partial charge in [0.25, 0.3) is 0 Å². The van der Waals surface area contributed by atoms with E-state index < -0.39 is 8.07 Å². The van der Waals surface area contributed by atoms with Crippen molar-refractivity contribution in [2.24, 2.45) is 0 Å². The van der Waals surface area contributed by atoms with Gasteiger partial charge in [-0.2, -0.15) is 0 Å². The highest BCUT2D eigenvalue weighted by Crippen LogP contribution is 2.06. The molecule has 0 aliphatic heterocycles. The van der Waals surface area contributed by atoms with Crippen molar-refractivity contribution >= 4 is 8.07 Å². The van der Waals surface area contributed by atoms with E-state index in [4.69, 9.17) is 4.74 Å². The monoisotopic (exact) mass is 200 g/mol. The van der Waals surface area contributed by atoms with Crippen LogP contribution in [0.5, 0.6) is 0 Å². The van der Waals surface area contributed by atoms with Gasteiger partial charge in [-0.25, -0.2) is 0 Å². The molecule has 0 atom stereocenters. The fourth-order valence-electron chi connectivity index (χ4n) is 0.868. The molecule has 13 heavy (non-hydrogen) atoms. The van der Waals surface area contributed by atoms with Crippen molar-refractivity contribution < 1.29 is 9.42 Å². The molecular weight excluding hydrogens is 182 g/mol. The molecular formula is C8H18N3OSi+. The van der Waals surface area contributed by atoms with Crippen molar-refractivity contribution in [1.29, 1.82) is 0 Å². The van der Waals surface area contributed by atoms with Crippen LogP contribution in [0.4, 0.5) is 0 Å². The minimum absolute atomic E-state index is 0.574. The molecule has 0 spiro atoms. The quantitative estimate of drug-likeness (QED) is 0.438. The predicted molar refractivity (Wildman–Crippen MR) is 52.9 cm³/mol. The van der Waals surface area contributed by atoms with Crippen molar-refractivity contribution in [2.45, 2.75) is 32.4 Å². The molecule has 0 aliphatic rings. The first-order chi connectivity index (χ1) is 6.08. The van der Waals surface area contributed by atoms with Crippen LogP contribution in [0.2, 0.25) is 25.7 Å². The molecule has 0 aromatic carbocycles. The Morgan fingerprint density at radius 1 is 1.46 bits per heavy atom. The molecule has 1 aromatic rings. The normalized spacial score (nSPS) is 11.9. The summed E-state index contributed by atoms with van der Waals surface area (Å²) in [6.45, 7) is 8.46. The summed E-state index contributed by atoms with van der Waals surface area (Å²) in [6.07, 6.45) is 3.57. The first-order valence-corrected chi connectivity index (χ1v) is 8.25. The largest absolute Gasteiger partial charge is 0.341 e. The first kappa shape index (κ1) is 10.4. The van der Waals surface area contributed by atoms with Gasteiger partial charge >= 0.3 is 0 Å². The first-order valence-electron chi connectivity index (χ1n) is 4.54. The number of hydrogen-bond donors (Lipinski definition) is 1. The third-order valence-electron chi connectivity index (χ3n) is 1.73. The van der Waals surface area contributed by atoms with Crippen LogP contribution in [-0.4, -0.2) is 25.0 Å². The van der Waals surface area contributed by atoms with Gasteiger partial charge in [-0.15, -0.1) is 4.68 Å². The van der Waals surface area contributed by atoms with E-state index in [1.807, 2.05) is 10.9 Å². The number of ether oxygens (including phenoxy) is 1. The summed E-state index contributed by atoms with van der Waals surface area (Å²) in [5.74, 6) is 0. The average molecular weight is 200 g/mol. The molecule has 74 valence electrons. The van der Waals surface area contributed by atoms with Gasteiger partial charge in [0.05, 0.1) is 0 Å². The van der Waals surface area contributed by atoms with Crippen LogP contribution in [0.1, 0.15) is 0 Å². The summed E-state index contributed by atoms with van der Waals surface area (Å²) in [5.41, 5.74) is 0. The van der Waals surface area contributed by atoms with Crippen molar-refractivity contribution in [2.75, 3.05) is 6.61 Å². The summed E-state index contributed by atoms with van der Waals surface area (Å²) in [5, 5.41) is 6.60. The summed E-state index contributed by atoms with van der Waals surface area (Å²) in [7, 11) is -0.939. The summed E-state index contributed by atoms with van der Waals surface area (Å²) < 4.78 is 7.29. The molecule has 5 heteroatoms. The lowest BCUT2D eigenvalue weighted by atomic mass is 10.8. The smallest absolute Gasteiger partial charge is 0.210 e. The van der Waals surface area contributed by atoms with Crippen LogP contribution in [0, 0.1) is 0 Å². The minimum Gasteiger partial charge on any atom is -0.341 e. The number of nitrogens with one attached hydrogen (secondary N) is 1. The van der Waals surface area contributed by atoms with Crippen LogP contribution in [0.25, 0.3) is 0 Å². The van der Waals surface area contributed by atoms with Gasteiger partial charge < -0.3 is 4.74 Å². The molecule has 0 unspecified atom stereocenters. The minimum atomic E-state index is -0.939. The number of aromatic nitrogens is 3. The van der Waals surface area contributed by atoms with Crippen molar-refractivity contribution in [3.8, 4) is 0 Å². The fraction of sp³-hybridized carbons (Fsp3) is 0.750. The van der Waals surface area contributed by atoms with Gasteiger partial charge in [0.15, 0.2) is 6.20 Å². The Morgan fingerprint density at radius 3 is 2.77 bits per heavy atom.